The van der Waals surface area contributed by atoms with Gasteiger partial charge in [-0.1, -0.05) is 31.4 Å². The summed E-state index contributed by atoms with van der Waals surface area (Å²) in [6.07, 6.45) is 7.09. The van der Waals surface area contributed by atoms with Gasteiger partial charge in [0.25, 0.3) is 5.56 Å². The first-order valence-electron chi connectivity index (χ1n) is 10.1. The summed E-state index contributed by atoms with van der Waals surface area (Å²) in [6, 6.07) is 12.8. The third-order valence-corrected chi connectivity index (χ3v) is 5.59. The van der Waals surface area contributed by atoms with E-state index in [1.165, 1.54) is 11.1 Å². The van der Waals surface area contributed by atoms with Gasteiger partial charge in [0.2, 0.25) is 0 Å². The van der Waals surface area contributed by atoms with Crippen molar-refractivity contribution in [2.45, 2.75) is 38.0 Å². The zero-order valence-corrected chi connectivity index (χ0v) is 16.9. The van der Waals surface area contributed by atoms with Crippen molar-refractivity contribution in [1.29, 1.82) is 0 Å². The van der Waals surface area contributed by atoms with Crippen molar-refractivity contribution in [2.75, 3.05) is 19.0 Å². The molecule has 6 heteroatoms. The van der Waals surface area contributed by atoms with Crippen molar-refractivity contribution in [1.82, 2.24) is 9.66 Å². The van der Waals surface area contributed by atoms with Gasteiger partial charge in [-0.25, -0.2) is 4.98 Å². The molecule has 1 N–H and O–H groups in total. The lowest BCUT2D eigenvalue weighted by Gasteiger charge is -2.22. The van der Waals surface area contributed by atoms with E-state index in [9.17, 15) is 9.90 Å². The van der Waals surface area contributed by atoms with Crippen molar-refractivity contribution < 1.29 is 5.11 Å². The van der Waals surface area contributed by atoms with Crippen molar-refractivity contribution in [3.63, 3.8) is 0 Å². The number of phenolic OH excluding ortho intramolecular Hbond substituents is 1. The number of hydrogen-bond acceptors (Lipinski definition) is 5. The standard InChI is InChI=1S/C23H26N4O2/c1-26(2)18-13-12-17(21(28)14-18)15-24-27-22(16-8-4-3-5-9-16)25-20-11-7-6-10-19(20)23(27)29/h6-7,10-16,28H,3-5,8-9H2,1-2H3. The van der Waals surface area contributed by atoms with Gasteiger partial charge in [0.15, 0.2) is 0 Å². The van der Waals surface area contributed by atoms with Gasteiger partial charge in [-0.3, -0.25) is 4.79 Å². The lowest BCUT2D eigenvalue weighted by atomic mass is 9.88. The Labute approximate surface area is 170 Å². The van der Waals surface area contributed by atoms with E-state index < -0.39 is 0 Å². The summed E-state index contributed by atoms with van der Waals surface area (Å²) < 4.78 is 1.43. The van der Waals surface area contributed by atoms with E-state index in [-0.39, 0.29) is 17.2 Å². The molecule has 6 nitrogen and oxygen atoms in total. The molecule has 0 aliphatic heterocycles. The van der Waals surface area contributed by atoms with E-state index in [1.54, 1.807) is 24.4 Å². The van der Waals surface area contributed by atoms with Crippen LogP contribution in [0.1, 0.15) is 49.4 Å². The second kappa shape index (κ2) is 8.07. The molecule has 0 atom stereocenters. The summed E-state index contributed by atoms with van der Waals surface area (Å²) in [5, 5.41) is 15.4. The highest BCUT2D eigenvalue weighted by Gasteiger charge is 2.22. The molecule has 0 unspecified atom stereocenters. The molecule has 1 fully saturated rings. The molecule has 2 aromatic carbocycles. The molecule has 1 aliphatic carbocycles. The van der Waals surface area contributed by atoms with Crippen LogP contribution in [-0.2, 0) is 0 Å². The van der Waals surface area contributed by atoms with Gasteiger partial charge in [0.1, 0.15) is 11.6 Å². The Morgan fingerprint density at radius 2 is 1.90 bits per heavy atom. The van der Waals surface area contributed by atoms with E-state index >= 15 is 0 Å². The summed E-state index contributed by atoms with van der Waals surface area (Å²) in [7, 11) is 3.83. The Kier molecular flexibility index (Phi) is 5.34. The number of phenols is 1. The molecule has 1 heterocycles. The van der Waals surface area contributed by atoms with Gasteiger partial charge < -0.3 is 10.0 Å². The minimum absolute atomic E-state index is 0.126. The molecule has 0 bridgehead atoms. The third-order valence-electron chi connectivity index (χ3n) is 5.59. The number of aromatic hydroxyl groups is 1. The number of aromatic nitrogens is 2. The molecule has 4 rings (SSSR count). The Morgan fingerprint density at radius 3 is 2.62 bits per heavy atom. The fraction of sp³-hybridized carbons (Fsp3) is 0.348. The van der Waals surface area contributed by atoms with E-state index in [0.29, 0.717) is 22.3 Å². The van der Waals surface area contributed by atoms with E-state index in [2.05, 4.69) is 5.10 Å². The monoisotopic (exact) mass is 390 g/mol. The van der Waals surface area contributed by atoms with Crippen molar-refractivity contribution in [3.8, 4) is 5.75 Å². The Hall–Kier alpha value is -3.15. The molecule has 1 aromatic heterocycles. The van der Waals surface area contributed by atoms with Crippen LogP contribution in [0.25, 0.3) is 10.9 Å². The zero-order valence-electron chi connectivity index (χ0n) is 16.9. The topological polar surface area (TPSA) is 70.7 Å². The van der Waals surface area contributed by atoms with Gasteiger partial charge in [-0.05, 0) is 37.1 Å². The predicted octanol–water partition coefficient (Wildman–Crippen LogP) is 4.10. The molecular formula is C23H26N4O2. The first kappa shape index (κ1) is 19.2. The molecule has 1 saturated carbocycles. The third kappa shape index (κ3) is 3.88. The highest BCUT2D eigenvalue weighted by Crippen LogP contribution is 2.32. The zero-order chi connectivity index (χ0) is 20.4. The second-order valence-electron chi connectivity index (χ2n) is 7.82. The summed E-state index contributed by atoms with van der Waals surface area (Å²) in [4.78, 5) is 19.9. The average molecular weight is 390 g/mol. The number of hydrogen-bond donors (Lipinski definition) is 1. The van der Waals surface area contributed by atoms with Gasteiger partial charge in [-0.2, -0.15) is 9.78 Å². The molecule has 29 heavy (non-hydrogen) atoms. The molecule has 150 valence electrons. The molecular weight excluding hydrogens is 364 g/mol. The fourth-order valence-corrected chi connectivity index (χ4v) is 3.92. The minimum atomic E-state index is -0.170. The maximum absolute atomic E-state index is 13.2. The van der Waals surface area contributed by atoms with Crippen molar-refractivity contribution in [3.05, 3.63) is 64.2 Å². The van der Waals surface area contributed by atoms with Crippen molar-refractivity contribution >= 4 is 22.8 Å². The van der Waals surface area contributed by atoms with Crippen LogP contribution < -0.4 is 10.5 Å². The molecule has 3 aromatic rings. The lowest BCUT2D eigenvalue weighted by Crippen LogP contribution is -2.25. The van der Waals surface area contributed by atoms with Crippen LogP contribution in [0.3, 0.4) is 0 Å². The average Bonchev–Trinajstić information content (AvgIpc) is 2.74. The van der Waals surface area contributed by atoms with Crippen LogP contribution in [0.4, 0.5) is 5.69 Å². The summed E-state index contributed by atoms with van der Waals surface area (Å²) in [5.74, 6) is 1.07. The fourth-order valence-electron chi connectivity index (χ4n) is 3.92. The first-order valence-corrected chi connectivity index (χ1v) is 10.1. The quantitative estimate of drug-likeness (QED) is 0.681. The largest absolute Gasteiger partial charge is 0.507 e. The number of para-hydroxylation sites is 1. The lowest BCUT2D eigenvalue weighted by molar-refractivity contribution is 0.416. The van der Waals surface area contributed by atoms with Crippen LogP contribution in [-0.4, -0.2) is 35.1 Å². The molecule has 1 aliphatic rings. The van der Waals surface area contributed by atoms with Crippen molar-refractivity contribution in [2.24, 2.45) is 5.10 Å². The van der Waals surface area contributed by atoms with Gasteiger partial charge >= 0.3 is 0 Å². The van der Waals surface area contributed by atoms with E-state index in [4.69, 9.17) is 4.98 Å². The number of anilines is 1. The minimum Gasteiger partial charge on any atom is -0.507 e. The molecule has 0 radical (unpaired) electrons. The van der Waals surface area contributed by atoms with Crippen LogP contribution in [0, 0.1) is 0 Å². The van der Waals surface area contributed by atoms with Crippen LogP contribution >= 0.6 is 0 Å². The highest BCUT2D eigenvalue weighted by molar-refractivity contribution is 5.84. The smallest absolute Gasteiger partial charge is 0.282 e. The molecule has 0 saturated heterocycles. The van der Waals surface area contributed by atoms with Gasteiger partial charge in [0, 0.05) is 37.3 Å². The molecule has 0 amide bonds. The Morgan fingerprint density at radius 1 is 1.14 bits per heavy atom. The number of fused-ring (bicyclic) bond motifs is 1. The number of nitrogens with zero attached hydrogens (tertiary/aromatic N) is 4. The normalized spacial score (nSPS) is 15.2. The van der Waals surface area contributed by atoms with Gasteiger partial charge in [-0.15, -0.1) is 0 Å². The van der Waals surface area contributed by atoms with Crippen LogP contribution in [0.2, 0.25) is 0 Å². The number of benzene rings is 2. The van der Waals surface area contributed by atoms with E-state index in [1.807, 2.05) is 43.3 Å². The number of rotatable bonds is 4. The SMILES string of the molecule is CN(C)c1ccc(C=Nn2c(C3CCCCC3)nc3ccccc3c2=O)c(O)c1. The molecule has 0 spiro atoms. The van der Waals surface area contributed by atoms with E-state index in [0.717, 1.165) is 31.4 Å². The summed E-state index contributed by atoms with van der Waals surface area (Å²) >= 11 is 0. The summed E-state index contributed by atoms with van der Waals surface area (Å²) in [6.45, 7) is 0. The Balaban J connectivity index is 1.80. The Bertz CT molecular complexity index is 1110. The van der Waals surface area contributed by atoms with Crippen LogP contribution in [0.15, 0.2) is 52.4 Å². The predicted molar refractivity (Wildman–Crippen MR) is 117 cm³/mol. The van der Waals surface area contributed by atoms with Crippen LogP contribution in [0.5, 0.6) is 5.75 Å². The second-order valence-corrected chi connectivity index (χ2v) is 7.82. The highest BCUT2D eigenvalue weighted by atomic mass is 16.3. The summed E-state index contributed by atoms with van der Waals surface area (Å²) in [5.41, 5.74) is 2.00. The van der Waals surface area contributed by atoms with Gasteiger partial charge in [0.05, 0.1) is 17.1 Å². The first-order chi connectivity index (χ1) is 14.0. The maximum Gasteiger partial charge on any atom is 0.282 e. The maximum atomic E-state index is 13.2.